The number of hydrogen-bond acceptors (Lipinski definition) is 2. The Hall–Kier alpha value is -1.51. The van der Waals surface area contributed by atoms with Gasteiger partial charge in [-0.3, -0.25) is 0 Å². The highest BCUT2D eigenvalue weighted by Gasteiger charge is 2.15. The minimum Gasteiger partial charge on any atom is -0.478 e. The van der Waals surface area contributed by atoms with E-state index in [1.54, 1.807) is 6.07 Å². The summed E-state index contributed by atoms with van der Waals surface area (Å²) in [7, 11) is 0. The maximum atomic E-state index is 10.9. The summed E-state index contributed by atoms with van der Waals surface area (Å²) < 4.78 is 0. The lowest BCUT2D eigenvalue weighted by molar-refractivity contribution is 0.0697. The molecule has 0 spiro atoms. The smallest absolute Gasteiger partial charge is 0.335 e. The average Bonchev–Trinajstić information content (AvgIpc) is 2.39. The molecule has 1 aliphatic rings. The Kier molecular flexibility index (Phi) is 3.67. The fourth-order valence-corrected chi connectivity index (χ4v) is 2.45. The molecule has 0 atom stereocenters. The van der Waals surface area contributed by atoms with E-state index in [4.69, 9.17) is 5.11 Å². The van der Waals surface area contributed by atoms with Crippen molar-refractivity contribution < 1.29 is 9.90 Å². The largest absolute Gasteiger partial charge is 0.478 e. The third kappa shape index (κ3) is 2.60. The van der Waals surface area contributed by atoms with Gasteiger partial charge in [0.15, 0.2) is 0 Å². The molecule has 92 valence electrons. The molecule has 0 radical (unpaired) electrons. The number of carboxylic acids is 1. The molecule has 3 nitrogen and oxygen atoms in total. The van der Waals surface area contributed by atoms with Crippen molar-refractivity contribution in [2.24, 2.45) is 0 Å². The number of benzene rings is 1. The van der Waals surface area contributed by atoms with Crippen molar-refractivity contribution in [2.75, 3.05) is 18.0 Å². The highest BCUT2D eigenvalue weighted by molar-refractivity contribution is 5.88. The molecule has 3 heteroatoms. The van der Waals surface area contributed by atoms with Crippen LogP contribution in [-0.2, 0) is 6.42 Å². The van der Waals surface area contributed by atoms with E-state index in [0.29, 0.717) is 5.56 Å². The predicted octanol–water partition coefficient (Wildman–Crippen LogP) is 2.94. The normalized spacial score (nSPS) is 15.9. The van der Waals surface area contributed by atoms with Crippen LogP contribution in [0.5, 0.6) is 0 Å². The van der Waals surface area contributed by atoms with Crippen molar-refractivity contribution >= 4 is 11.7 Å². The van der Waals surface area contributed by atoms with Crippen molar-refractivity contribution in [1.29, 1.82) is 0 Å². The van der Waals surface area contributed by atoms with Crippen molar-refractivity contribution in [1.82, 2.24) is 0 Å². The van der Waals surface area contributed by atoms with Crippen LogP contribution >= 0.6 is 0 Å². The Balaban J connectivity index is 2.29. The molecule has 0 bridgehead atoms. The van der Waals surface area contributed by atoms with Gasteiger partial charge in [-0.2, -0.15) is 0 Å². The van der Waals surface area contributed by atoms with Crippen LogP contribution in [0.15, 0.2) is 18.2 Å². The molecule has 1 saturated heterocycles. The second-order valence-electron chi connectivity index (χ2n) is 4.55. The average molecular weight is 233 g/mol. The van der Waals surface area contributed by atoms with Gasteiger partial charge in [-0.25, -0.2) is 4.79 Å². The monoisotopic (exact) mass is 233 g/mol. The second kappa shape index (κ2) is 5.21. The highest BCUT2D eigenvalue weighted by atomic mass is 16.4. The molecule has 1 aromatic rings. The van der Waals surface area contributed by atoms with E-state index in [-0.39, 0.29) is 0 Å². The molecular formula is C14H19NO2. The maximum Gasteiger partial charge on any atom is 0.335 e. The fourth-order valence-electron chi connectivity index (χ4n) is 2.45. The van der Waals surface area contributed by atoms with Crippen molar-refractivity contribution in [3.8, 4) is 0 Å². The van der Waals surface area contributed by atoms with Crippen LogP contribution in [0.2, 0.25) is 0 Å². The maximum absolute atomic E-state index is 10.9. The number of aryl methyl sites for hydroxylation is 1. The number of carboxylic acid groups (broad SMARTS) is 1. The van der Waals surface area contributed by atoms with E-state index < -0.39 is 5.97 Å². The van der Waals surface area contributed by atoms with E-state index in [0.717, 1.165) is 25.1 Å². The number of piperidine rings is 1. The first-order valence-corrected chi connectivity index (χ1v) is 6.33. The van der Waals surface area contributed by atoms with Gasteiger partial charge in [-0.05, 0) is 49.4 Å². The summed E-state index contributed by atoms with van der Waals surface area (Å²) in [6, 6.07) is 5.49. The lowest BCUT2D eigenvalue weighted by atomic mass is 10.0. The first kappa shape index (κ1) is 12.0. The van der Waals surface area contributed by atoms with Gasteiger partial charge in [0.1, 0.15) is 0 Å². The standard InChI is InChI=1S/C14H19NO2/c1-2-11-10-12(14(16)17)6-7-13(11)15-8-4-3-5-9-15/h6-7,10H,2-5,8-9H2,1H3,(H,16,17). The number of aromatic carboxylic acids is 1. The molecule has 1 aromatic carbocycles. The summed E-state index contributed by atoms with van der Waals surface area (Å²) in [5, 5.41) is 8.99. The van der Waals surface area contributed by atoms with E-state index in [1.807, 2.05) is 12.1 Å². The Labute approximate surface area is 102 Å². The number of rotatable bonds is 3. The van der Waals surface area contributed by atoms with Gasteiger partial charge in [-0.15, -0.1) is 0 Å². The van der Waals surface area contributed by atoms with Gasteiger partial charge < -0.3 is 10.0 Å². The molecule has 0 aromatic heterocycles. The Morgan fingerprint density at radius 1 is 1.29 bits per heavy atom. The zero-order valence-corrected chi connectivity index (χ0v) is 10.3. The molecule has 1 fully saturated rings. The Bertz CT molecular complexity index is 409. The molecule has 2 rings (SSSR count). The molecule has 1 heterocycles. The van der Waals surface area contributed by atoms with Crippen LogP contribution in [0.1, 0.15) is 42.1 Å². The van der Waals surface area contributed by atoms with Gasteiger partial charge in [0.05, 0.1) is 5.56 Å². The summed E-state index contributed by atoms with van der Waals surface area (Å²) in [6.45, 7) is 4.27. The quantitative estimate of drug-likeness (QED) is 0.872. The summed E-state index contributed by atoms with van der Waals surface area (Å²) in [5.74, 6) is -0.843. The highest BCUT2D eigenvalue weighted by Crippen LogP contribution is 2.25. The fraction of sp³-hybridized carbons (Fsp3) is 0.500. The van der Waals surface area contributed by atoms with Crippen LogP contribution in [0.4, 0.5) is 5.69 Å². The number of carbonyl (C=O) groups is 1. The molecule has 1 aliphatic heterocycles. The summed E-state index contributed by atoms with van der Waals surface area (Å²) in [5.41, 5.74) is 2.76. The number of hydrogen-bond donors (Lipinski definition) is 1. The van der Waals surface area contributed by atoms with Crippen molar-refractivity contribution in [3.63, 3.8) is 0 Å². The summed E-state index contributed by atoms with van der Waals surface area (Å²) >= 11 is 0. The van der Waals surface area contributed by atoms with Crippen molar-refractivity contribution in [3.05, 3.63) is 29.3 Å². The minimum absolute atomic E-state index is 0.391. The second-order valence-corrected chi connectivity index (χ2v) is 4.55. The van der Waals surface area contributed by atoms with Crippen LogP contribution in [0.25, 0.3) is 0 Å². The van der Waals surface area contributed by atoms with Gasteiger partial charge in [0.2, 0.25) is 0 Å². The Morgan fingerprint density at radius 2 is 2.00 bits per heavy atom. The number of anilines is 1. The molecule has 0 saturated carbocycles. The molecule has 1 N–H and O–H groups in total. The van der Waals surface area contributed by atoms with Gasteiger partial charge in [0.25, 0.3) is 0 Å². The van der Waals surface area contributed by atoms with Gasteiger partial charge >= 0.3 is 5.97 Å². The zero-order chi connectivity index (χ0) is 12.3. The van der Waals surface area contributed by atoms with Crippen LogP contribution in [0, 0.1) is 0 Å². The molecule has 0 unspecified atom stereocenters. The van der Waals surface area contributed by atoms with Crippen LogP contribution < -0.4 is 4.90 Å². The predicted molar refractivity (Wildman–Crippen MR) is 68.8 cm³/mol. The topological polar surface area (TPSA) is 40.5 Å². The van der Waals surface area contributed by atoms with Crippen LogP contribution in [-0.4, -0.2) is 24.2 Å². The number of nitrogens with zero attached hydrogens (tertiary/aromatic N) is 1. The Morgan fingerprint density at radius 3 is 2.59 bits per heavy atom. The third-order valence-corrected chi connectivity index (χ3v) is 3.40. The van der Waals surface area contributed by atoms with Gasteiger partial charge in [0, 0.05) is 18.8 Å². The van der Waals surface area contributed by atoms with Crippen molar-refractivity contribution in [2.45, 2.75) is 32.6 Å². The van der Waals surface area contributed by atoms with E-state index in [1.165, 1.54) is 24.9 Å². The van der Waals surface area contributed by atoms with E-state index >= 15 is 0 Å². The van der Waals surface area contributed by atoms with Gasteiger partial charge in [-0.1, -0.05) is 6.92 Å². The SMILES string of the molecule is CCc1cc(C(=O)O)ccc1N1CCCCC1. The molecule has 0 aliphatic carbocycles. The first-order chi connectivity index (χ1) is 8.22. The lowest BCUT2D eigenvalue weighted by Gasteiger charge is -2.30. The molecule has 0 amide bonds. The van der Waals surface area contributed by atoms with E-state index in [9.17, 15) is 4.79 Å². The molecule has 17 heavy (non-hydrogen) atoms. The van der Waals surface area contributed by atoms with Crippen LogP contribution in [0.3, 0.4) is 0 Å². The minimum atomic E-state index is -0.843. The zero-order valence-electron chi connectivity index (χ0n) is 10.3. The van der Waals surface area contributed by atoms with E-state index in [2.05, 4.69) is 11.8 Å². The lowest BCUT2D eigenvalue weighted by Crippen LogP contribution is -2.30. The summed E-state index contributed by atoms with van der Waals surface area (Å²) in [4.78, 5) is 13.3. The summed E-state index contributed by atoms with van der Waals surface area (Å²) in [6.07, 6.45) is 4.67. The third-order valence-electron chi connectivity index (χ3n) is 3.40. The first-order valence-electron chi connectivity index (χ1n) is 6.33. The molecular weight excluding hydrogens is 214 g/mol.